The molecule has 3 rings (SSSR count). The van der Waals surface area contributed by atoms with Crippen molar-refractivity contribution in [2.24, 2.45) is 23.2 Å². The van der Waals surface area contributed by atoms with Gasteiger partial charge in [-0.1, -0.05) is 65.3 Å². The number of carbonyl (C=O) groups excluding carboxylic acids is 2. The lowest BCUT2D eigenvalue weighted by Gasteiger charge is -2.51. The summed E-state index contributed by atoms with van der Waals surface area (Å²) in [5, 5.41) is 3.80. The van der Waals surface area contributed by atoms with Crippen LogP contribution in [0.3, 0.4) is 0 Å². The number of ether oxygens (including phenoxy) is 2. The number of halogens is 2. The minimum Gasteiger partial charge on any atom is -0.469 e. The number of benzene rings is 1. The lowest BCUT2D eigenvalue weighted by molar-refractivity contribution is -0.156. The molecular formula is C34H55ClFNO5Si. The number of methoxy groups -OCH3 is 1. The first-order chi connectivity index (χ1) is 19.6. The van der Waals surface area contributed by atoms with Gasteiger partial charge in [0, 0.05) is 17.9 Å². The van der Waals surface area contributed by atoms with E-state index in [4.69, 9.17) is 25.5 Å². The van der Waals surface area contributed by atoms with Gasteiger partial charge in [0.15, 0.2) is 9.76 Å². The van der Waals surface area contributed by atoms with Gasteiger partial charge < -0.3 is 19.2 Å². The molecule has 0 aromatic heterocycles. The third kappa shape index (κ3) is 9.43. The smallest absolute Gasteiger partial charge is 0.408 e. The second kappa shape index (κ2) is 13.0. The molecule has 2 aliphatic carbocycles. The van der Waals surface area contributed by atoms with Gasteiger partial charge in [0.05, 0.1) is 24.2 Å². The fraction of sp³-hybridized carbons (Fsp3) is 0.765. The fourth-order valence-corrected chi connectivity index (χ4v) is 7.64. The van der Waals surface area contributed by atoms with E-state index in [1.165, 1.54) is 14.0 Å². The molecule has 0 saturated heterocycles. The van der Waals surface area contributed by atoms with E-state index in [9.17, 15) is 14.0 Å². The molecule has 9 heteroatoms. The molecule has 6 nitrogen and oxygen atoms in total. The highest BCUT2D eigenvalue weighted by atomic mass is 35.5. The summed E-state index contributed by atoms with van der Waals surface area (Å²) in [6.07, 6.45) is 2.43. The summed E-state index contributed by atoms with van der Waals surface area (Å²) in [6, 6.07) is 5.79. The fourth-order valence-electron chi connectivity index (χ4n) is 6.33. The van der Waals surface area contributed by atoms with E-state index in [0.29, 0.717) is 10.6 Å². The Kier molecular flexibility index (Phi) is 10.8. The van der Waals surface area contributed by atoms with Crippen LogP contribution in [0.25, 0.3) is 0 Å². The van der Waals surface area contributed by atoms with Gasteiger partial charge in [-0.05, 0) is 92.9 Å². The molecule has 1 amide bonds. The summed E-state index contributed by atoms with van der Waals surface area (Å²) in [7, 11) is 0.622. The minimum absolute atomic E-state index is 0.0564. The summed E-state index contributed by atoms with van der Waals surface area (Å²) in [5.74, 6) is -0.876. The van der Waals surface area contributed by atoms with Crippen molar-refractivity contribution in [3.63, 3.8) is 0 Å². The predicted molar refractivity (Wildman–Crippen MR) is 174 cm³/mol. The van der Waals surface area contributed by atoms with E-state index in [2.05, 4.69) is 60.7 Å². The van der Waals surface area contributed by atoms with Crippen molar-refractivity contribution in [2.45, 2.75) is 136 Å². The highest BCUT2D eigenvalue weighted by Crippen LogP contribution is 2.51. The van der Waals surface area contributed by atoms with Gasteiger partial charge in [-0.15, -0.1) is 0 Å². The summed E-state index contributed by atoms with van der Waals surface area (Å²) < 4.78 is 31.6. The Morgan fingerprint density at radius 3 is 2.19 bits per heavy atom. The van der Waals surface area contributed by atoms with Crippen molar-refractivity contribution in [1.29, 1.82) is 0 Å². The third-order valence-electron chi connectivity index (χ3n) is 9.32. The molecule has 1 aromatic rings. The summed E-state index contributed by atoms with van der Waals surface area (Å²) in [4.78, 5) is 26.9. The molecule has 244 valence electrons. The molecule has 2 saturated carbocycles. The third-order valence-corrected chi connectivity index (χ3v) is 11.4. The molecule has 0 radical (unpaired) electrons. The molecule has 0 bridgehead atoms. The number of esters is 1. The Hall–Kier alpha value is -1.64. The standard InChI is InChI=1S/C34H55ClFNO5Si/c1-30(2,3)15-14-21-12-13-23(18-26(21)35)34(10,37-29(39)41-25-19-33(9,36)20-25)27(28(38)40-11)22-16-24(17-22)32(7,8)42-43-31(4,5)6/h12-13,18,22,24-25,27H,14-17,19-20,43H2,1-11H3,(H,37,39). The lowest BCUT2D eigenvalue weighted by atomic mass is 9.58. The molecule has 2 fully saturated rings. The van der Waals surface area contributed by atoms with Crippen LogP contribution in [0.4, 0.5) is 9.18 Å². The zero-order valence-corrected chi connectivity index (χ0v) is 30.5. The van der Waals surface area contributed by atoms with Crippen LogP contribution in [0.15, 0.2) is 18.2 Å². The van der Waals surface area contributed by atoms with Gasteiger partial charge in [0.25, 0.3) is 0 Å². The van der Waals surface area contributed by atoms with Crippen LogP contribution >= 0.6 is 11.6 Å². The average Bonchev–Trinajstić information content (AvgIpc) is 2.81. The van der Waals surface area contributed by atoms with E-state index in [-0.39, 0.29) is 40.7 Å². The Morgan fingerprint density at radius 1 is 1.09 bits per heavy atom. The molecular weight excluding hydrogens is 585 g/mol. The summed E-state index contributed by atoms with van der Waals surface area (Å²) in [6.45, 7) is 20.8. The zero-order chi connectivity index (χ0) is 32.6. The van der Waals surface area contributed by atoms with E-state index in [1.807, 2.05) is 25.1 Å². The molecule has 2 unspecified atom stereocenters. The highest BCUT2D eigenvalue weighted by molar-refractivity contribution is 6.32. The van der Waals surface area contributed by atoms with Gasteiger partial charge in [0.1, 0.15) is 11.8 Å². The second-order valence-electron chi connectivity index (χ2n) is 16.4. The molecule has 2 aliphatic rings. The van der Waals surface area contributed by atoms with Crippen molar-refractivity contribution in [3.8, 4) is 0 Å². The SMILES string of the molecule is COC(=O)C(C1CC(C(C)(C)O[SiH2]C(C)(C)C)C1)C(C)(NC(=O)OC1CC(C)(F)C1)c1ccc(CCC(C)(C)C)c(Cl)c1. The monoisotopic (exact) mass is 639 g/mol. The minimum atomic E-state index is -1.33. The maximum absolute atomic E-state index is 14.1. The molecule has 0 spiro atoms. The molecule has 43 heavy (non-hydrogen) atoms. The largest absolute Gasteiger partial charge is 0.469 e. The quantitative estimate of drug-likeness (QED) is 0.196. The van der Waals surface area contributed by atoms with Crippen molar-refractivity contribution in [2.75, 3.05) is 7.11 Å². The van der Waals surface area contributed by atoms with Gasteiger partial charge in [0.2, 0.25) is 0 Å². The number of aryl methyl sites for hydroxylation is 1. The first-order valence-electron chi connectivity index (χ1n) is 15.7. The number of rotatable bonds is 11. The topological polar surface area (TPSA) is 73.9 Å². The van der Waals surface area contributed by atoms with Crippen LogP contribution < -0.4 is 5.32 Å². The zero-order valence-electron chi connectivity index (χ0n) is 28.3. The Bertz CT molecular complexity index is 1150. The van der Waals surface area contributed by atoms with Crippen LogP contribution in [0.5, 0.6) is 0 Å². The average molecular weight is 640 g/mol. The first-order valence-corrected chi connectivity index (χ1v) is 17.4. The Morgan fingerprint density at radius 2 is 1.70 bits per heavy atom. The maximum Gasteiger partial charge on any atom is 0.408 e. The van der Waals surface area contributed by atoms with Crippen LogP contribution in [-0.2, 0) is 30.7 Å². The molecule has 0 aliphatic heterocycles. The number of carbonyl (C=O) groups is 2. The number of hydrogen-bond acceptors (Lipinski definition) is 5. The van der Waals surface area contributed by atoms with Gasteiger partial charge >= 0.3 is 12.1 Å². The molecule has 2 atom stereocenters. The van der Waals surface area contributed by atoms with E-state index in [0.717, 1.165) is 31.2 Å². The van der Waals surface area contributed by atoms with Gasteiger partial charge in [-0.2, -0.15) is 0 Å². The maximum atomic E-state index is 14.1. The van der Waals surface area contributed by atoms with Crippen LogP contribution in [0.2, 0.25) is 10.1 Å². The van der Waals surface area contributed by atoms with Crippen molar-refractivity contribution in [3.05, 3.63) is 34.3 Å². The van der Waals surface area contributed by atoms with Gasteiger partial charge in [-0.3, -0.25) is 4.79 Å². The lowest BCUT2D eigenvalue weighted by Crippen LogP contribution is -2.58. The number of alkyl halides is 1. The molecule has 0 heterocycles. The predicted octanol–water partition coefficient (Wildman–Crippen LogP) is 8.06. The van der Waals surface area contributed by atoms with Crippen molar-refractivity contribution < 1.29 is 27.9 Å². The van der Waals surface area contributed by atoms with E-state index >= 15 is 0 Å². The number of nitrogens with one attached hydrogen (secondary N) is 1. The molecule has 1 N–H and O–H groups in total. The van der Waals surface area contributed by atoms with Crippen LogP contribution in [0.1, 0.15) is 112 Å². The number of hydrogen-bond donors (Lipinski definition) is 1. The normalized spacial score (nSPS) is 26.7. The number of amides is 1. The van der Waals surface area contributed by atoms with E-state index in [1.54, 1.807) is 0 Å². The van der Waals surface area contributed by atoms with Gasteiger partial charge in [-0.25, -0.2) is 9.18 Å². The first kappa shape index (κ1) is 35.8. The highest BCUT2D eigenvalue weighted by Gasteiger charge is 2.54. The van der Waals surface area contributed by atoms with Crippen LogP contribution in [0, 0.1) is 23.2 Å². The van der Waals surface area contributed by atoms with Crippen molar-refractivity contribution in [1.82, 2.24) is 5.32 Å². The van der Waals surface area contributed by atoms with E-state index < -0.39 is 45.1 Å². The molecule has 1 aromatic carbocycles. The summed E-state index contributed by atoms with van der Waals surface area (Å²) in [5.41, 5.74) is -0.941. The van der Waals surface area contributed by atoms with Crippen LogP contribution in [-0.4, -0.2) is 46.3 Å². The number of alkyl carbamates (subject to hydrolysis) is 1. The Labute approximate surface area is 266 Å². The Balaban J connectivity index is 1.91. The second-order valence-corrected chi connectivity index (χ2v) is 19.5. The summed E-state index contributed by atoms with van der Waals surface area (Å²) >= 11 is 6.83. The van der Waals surface area contributed by atoms with Crippen molar-refractivity contribution >= 4 is 33.4 Å².